The second-order valence-corrected chi connectivity index (χ2v) is 13.0. The van der Waals surface area contributed by atoms with Crippen LogP contribution in [-0.2, 0) is 10.0 Å². The van der Waals surface area contributed by atoms with E-state index < -0.39 is 34.2 Å². The SMILES string of the molecule is Cc1cc(NS(=O)(=O)CC=CC(C)(C)C)ncc1-c1c(C(=O)O)c2cc(F)c(OC(F)F)cc2n1C(C)C1CC1. The molecule has 1 saturated carbocycles. The molecule has 0 spiro atoms. The summed E-state index contributed by atoms with van der Waals surface area (Å²) in [7, 11) is -3.75. The van der Waals surface area contributed by atoms with Gasteiger partial charge in [-0.3, -0.25) is 4.72 Å². The number of fused-ring (bicyclic) bond motifs is 1. The first-order chi connectivity index (χ1) is 18.6. The van der Waals surface area contributed by atoms with E-state index in [1.54, 1.807) is 23.6 Å². The second kappa shape index (κ2) is 10.8. The predicted octanol–water partition coefficient (Wildman–Crippen LogP) is 6.77. The molecule has 3 aromatic rings. The average molecular weight is 580 g/mol. The Bertz CT molecular complexity index is 1590. The average Bonchev–Trinajstić information content (AvgIpc) is 3.60. The Labute approximate surface area is 230 Å². The number of aryl methyl sites for hydroxylation is 1. The number of nitrogens with one attached hydrogen (secondary N) is 1. The Kier molecular flexibility index (Phi) is 7.94. The maximum atomic E-state index is 14.7. The lowest BCUT2D eigenvalue weighted by Crippen LogP contribution is -2.17. The van der Waals surface area contributed by atoms with E-state index in [4.69, 9.17) is 0 Å². The van der Waals surface area contributed by atoms with Gasteiger partial charge in [-0.25, -0.2) is 22.6 Å². The molecule has 8 nitrogen and oxygen atoms in total. The number of halogens is 3. The summed E-state index contributed by atoms with van der Waals surface area (Å²) in [6.07, 6.45) is 6.51. The molecule has 0 bridgehead atoms. The Balaban J connectivity index is 1.84. The van der Waals surface area contributed by atoms with Gasteiger partial charge in [0.05, 0.1) is 22.5 Å². The summed E-state index contributed by atoms with van der Waals surface area (Å²) in [6.45, 7) is 6.14. The highest BCUT2D eigenvalue weighted by Crippen LogP contribution is 2.46. The highest BCUT2D eigenvalue weighted by molar-refractivity contribution is 7.92. The number of rotatable bonds is 10. The van der Waals surface area contributed by atoms with E-state index in [-0.39, 0.29) is 51.1 Å². The third-order valence-corrected chi connectivity index (χ3v) is 7.91. The van der Waals surface area contributed by atoms with Crippen LogP contribution in [0.15, 0.2) is 36.5 Å². The van der Waals surface area contributed by atoms with Crippen LogP contribution in [-0.4, -0.2) is 41.4 Å². The lowest BCUT2D eigenvalue weighted by atomic mass is 9.97. The molecule has 0 radical (unpaired) electrons. The number of ether oxygens (including phenoxy) is 1. The number of hydrogen-bond acceptors (Lipinski definition) is 5. The summed E-state index contributed by atoms with van der Waals surface area (Å²) in [5.74, 6) is -3.12. The number of benzene rings is 1. The first kappa shape index (κ1) is 29.4. The highest BCUT2D eigenvalue weighted by Gasteiger charge is 2.35. The van der Waals surface area contributed by atoms with Gasteiger partial charge in [-0.1, -0.05) is 32.9 Å². The van der Waals surface area contributed by atoms with Crippen LogP contribution in [0.3, 0.4) is 0 Å². The minimum atomic E-state index is -3.75. The molecular weight excluding hydrogens is 547 g/mol. The van der Waals surface area contributed by atoms with Gasteiger partial charge in [0.2, 0.25) is 10.0 Å². The standard InChI is InChI=1S/C28H32F3N3O5S/c1-15-11-23(33-40(37,38)10-6-9-28(3,4)5)32-14-19(15)25-24(26(35)36)18-12-20(29)22(39-27(30)31)13-21(18)34(25)16(2)17-7-8-17/h6,9,11-14,16-17,27H,7-8,10H2,1-5H3,(H,32,33)(H,35,36). The number of pyridine rings is 1. The van der Waals surface area contributed by atoms with Crippen LogP contribution < -0.4 is 9.46 Å². The van der Waals surface area contributed by atoms with Crippen molar-refractivity contribution in [2.24, 2.45) is 11.3 Å². The van der Waals surface area contributed by atoms with E-state index in [1.807, 2.05) is 27.7 Å². The van der Waals surface area contributed by atoms with Crippen LogP contribution in [0.5, 0.6) is 5.75 Å². The van der Waals surface area contributed by atoms with E-state index in [0.717, 1.165) is 25.0 Å². The smallest absolute Gasteiger partial charge is 0.387 e. The van der Waals surface area contributed by atoms with Crippen LogP contribution in [0.2, 0.25) is 0 Å². The van der Waals surface area contributed by atoms with Gasteiger partial charge in [-0.2, -0.15) is 8.78 Å². The molecular formula is C28H32F3N3O5S. The number of anilines is 1. The van der Waals surface area contributed by atoms with E-state index in [0.29, 0.717) is 11.1 Å². The zero-order chi connectivity index (χ0) is 29.6. The van der Waals surface area contributed by atoms with Crippen LogP contribution in [0.25, 0.3) is 22.2 Å². The van der Waals surface area contributed by atoms with E-state index in [1.165, 1.54) is 12.3 Å². The molecule has 1 aliphatic rings. The summed E-state index contributed by atoms with van der Waals surface area (Å²) >= 11 is 0. The van der Waals surface area contributed by atoms with Crippen molar-refractivity contribution in [2.75, 3.05) is 10.5 Å². The first-order valence-corrected chi connectivity index (χ1v) is 14.4. The molecule has 2 heterocycles. The Hall–Kier alpha value is -3.54. The highest BCUT2D eigenvalue weighted by atomic mass is 32.2. The molecule has 0 aliphatic heterocycles. The maximum Gasteiger partial charge on any atom is 0.387 e. The third-order valence-electron chi connectivity index (χ3n) is 6.76. The van der Waals surface area contributed by atoms with Crippen molar-refractivity contribution in [3.05, 3.63) is 53.5 Å². The Morgan fingerprint density at radius 3 is 2.50 bits per heavy atom. The van der Waals surface area contributed by atoms with Crippen LogP contribution in [0.1, 0.15) is 62.5 Å². The number of hydrogen-bond donors (Lipinski definition) is 2. The van der Waals surface area contributed by atoms with Gasteiger partial charge in [0.15, 0.2) is 11.6 Å². The molecule has 2 aromatic heterocycles. The van der Waals surface area contributed by atoms with Gasteiger partial charge in [0.25, 0.3) is 0 Å². The minimum Gasteiger partial charge on any atom is -0.478 e. The molecule has 12 heteroatoms. The number of alkyl halides is 2. The van der Waals surface area contributed by atoms with Crippen LogP contribution in [0, 0.1) is 24.1 Å². The molecule has 1 atom stereocenters. The number of sulfonamides is 1. The molecule has 1 unspecified atom stereocenters. The van der Waals surface area contributed by atoms with Crippen molar-refractivity contribution >= 4 is 32.7 Å². The van der Waals surface area contributed by atoms with Gasteiger partial charge in [-0.05, 0) is 55.7 Å². The fourth-order valence-corrected chi connectivity index (χ4v) is 5.64. The molecule has 1 fully saturated rings. The zero-order valence-corrected chi connectivity index (χ0v) is 23.7. The number of aromatic carboxylic acids is 1. The largest absolute Gasteiger partial charge is 0.478 e. The van der Waals surface area contributed by atoms with Crippen molar-refractivity contribution in [1.29, 1.82) is 0 Å². The number of carbonyl (C=O) groups is 1. The molecule has 0 amide bonds. The summed E-state index contributed by atoms with van der Waals surface area (Å²) in [4.78, 5) is 16.8. The maximum absolute atomic E-state index is 14.7. The zero-order valence-electron chi connectivity index (χ0n) is 22.8. The van der Waals surface area contributed by atoms with Gasteiger partial charge in [-0.15, -0.1) is 0 Å². The second-order valence-electron chi connectivity index (χ2n) is 11.2. The molecule has 1 aromatic carbocycles. The van der Waals surface area contributed by atoms with Crippen molar-refractivity contribution in [1.82, 2.24) is 9.55 Å². The van der Waals surface area contributed by atoms with E-state index in [9.17, 15) is 31.5 Å². The number of allylic oxidation sites excluding steroid dienone is 1. The molecule has 40 heavy (non-hydrogen) atoms. The summed E-state index contributed by atoms with van der Waals surface area (Å²) < 4.78 is 74.3. The Morgan fingerprint density at radius 1 is 1.27 bits per heavy atom. The number of nitrogens with zero attached hydrogens (tertiary/aromatic N) is 2. The van der Waals surface area contributed by atoms with Gasteiger partial charge in [0, 0.05) is 29.3 Å². The summed E-state index contributed by atoms with van der Waals surface area (Å²) in [6, 6.07) is 3.23. The molecule has 1 aliphatic carbocycles. The van der Waals surface area contributed by atoms with E-state index >= 15 is 0 Å². The molecule has 2 N–H and O–H groups in total. The number of carboxylic acid groups (broad SMARTS) is 1. The monoisotopic (exact) mass is 579 g/mol. The van der Waals surface area contributed by atoms with Crippen LogP contribution in [0.4, 0.5) is 19.0 Å². The third kappa shape index (κ3) is 6.43. The van der Waals surface area contributed by atoms with Crippen molar-refractivity contribution in [2.45, 2.75) is 60.1 Å². The predicted molar refractivity (Wildman–Crippen MR) is 147 cm³/mol. The van der Waals surface area contributed by atoms with Crippen molar-refractivity contribution in [3.8, 4) is 17.0 Å². The summed E-state index contributed by atoms with van der Waals surface area (Å²) in [5, 5.41) is 10.2. The van der Waals surface area contributed by atoms with Crippen molar-refractivity contribution in [3.63, 3.8) is 0 Å². The Morgan fingerprint density at radius 2 is 1.95 bits per heavy atom. The van der Waals surface area contributed by atoms with Gasteiger partial charge in [0.1, 0.15) is 5.82 Å². The fraction of sp³-hybridized carbons (Fsp3) is 0.429. The quantitative estimate of drug-likeness (QED) is 0.257. The number of aromatic nitrogens is 2. The summed E-state index contributed by atoms with van der Waals surface area (Å²) in [5.41, 5.74) is 0.960. The normalized spacial score (nSPS) is 15.2. The number of carboxylic acids is 1. The van der Waals surface area contributed by atoms with Crippen LogP contribution >= 0.6 is 0 Å². The van der Waals surface area contributed by atoms with Crippen molar-refractivity contribution < 1.29 is 36.2 Å². The first-order valence-electron chi connectivity index (χ1n) is 12.8. The lowest BCUT2D eigenvalue weighted by molar-refractivity contribution is -0.0521. The topological polar surface area (TPSA) is 111 Å². The minimum absolute atomic E-state index is 0.0314. The van der Waals surface area contributed by atoms with Gasteiger partial charge < -0.3 is 14.4 Å². The molecule has 216 valence electrons. The molecule has 0 saturated heterocycles. The lowest BCUT2D eigenvalue weighted by Gasteiger charge is -2.20. The van der Waals surface area contributed by atoms with E-state index in [2.05, 4.69) is 14.4 Å². The van der Waals surface area contributed by atoms with Gasteiger partial charge >= 0.3 is 12.6 Å². The molecule has 4 rings (SSSR count). The fourth-order valence-electron chi connectivity index (χ4n) is 4.78.